The number of hydrogen-bond donors (Lipinski definition) is 10. The van der Waals surface area contributed by atoms with E-state index in [0.717, 1.165) is 0 Å². The summed E-state index contributed by atoms with van der Waals surface area (Å²) in [6, 6.07) is 0. The van der Waals surface area contributed by atoms with Gasteiger partial charge in [0.1, 0.15) is 18.0 Å². The maximum absolute atomic E-state index is 12.6. The Bertz CT molecular complexity index is 2030. The summed E-state index contributed by atoms with van der Waals surface area (Å²) in [5.74, 6) is -0.374. The Kier molecular flexibility index (Phi) is 12.8. The second-order valence-corrected chi connectivity index (χ2v) is 16.0. The van der Waals surface area contributed by atoms with Gasteiger partial charge in [0.25, 0.3) is 11.1 Å². The summed E-state index contributed by atoms with van der Waals surface area (Å²) in [7, 11) is -14.0. The van der Waals surface area contributed by atoms with Gasteiger partial charge in [0.2, 0.25) is 11.9 Å². The Morgan fingerprint density at radius 1 is 0.962 bits per heavy atom. The molecule has 5 heterocycles. The molecule has 2 saturated heterocycles. The van der Waals surface area contributed by atoms with Crippen molar-refractivity contribution in [2.75, 3.05) is 75.7 Å². The standard InChI is InChI=1S/C23H38N11O16P3/c1-26-15-17(29-22(24)31-19(15)36)28-14-7-33(3-4-35)6-12(47-14)9-46-52(40,41)50-53(42,43)49-51(38,39)45-8-11-5-13(44-2)21(48-11)34-10-27-16-18(34)30-23(25)32-20(16)37/h10-14,21,26,35H,3-9H2,1-2H3,(H,38,39)(H,40,41)(H,42,43)(H3,25,30,32,37)(H4,24,28,29,31,36)/t11?,12?,13-,14?,21-/m1/s1. The number of nitrogens with one attached hydrogen (secondary N) is 4. The number of nitrogens with two attached hydrogens (primary N) is 2. The van der Waals surface area contributed by atoms with Crippen molar-refractivity contribution in [3.05, 3.63) is 27.0 Å². The lowest BCUT2D eigenvalue weighted by atomic mass is 10.2. The normalized spacial score (nSPS) is 25.8. The molecular weight excluding hydrogens is 779 g/mol. The van der Waals surface area contributed by atoms with Crippen LogP contribution in [-0.2, 0) is 45.6 Å². The van der Waals surface area contributed by atoms with Crippen molar-refractivity contribution in [1.29, 1.82) is 0 Å². The summed E-state index contributed by atoms with van der Waals surface area (Å²) in [5, 5.41) is 15.0. The fourth-order valence-electron chi connectivity index (χ4n) is 5.48. The van der Waals surface area contributed by atoms with Gasteiger partial charge in [0, 0.05) is 40.2 Å². The van der Waals surface area contributed by atoms with Crippen molar-refractivity contribution in [1.82, 2.24) is 34.4 Å². The largest absolute Gasteiger partial charge is 0.490 e. The number of morpholine rings is 1. The number of hydrogen-bond acceptors (Lipinski definition) is 21. The molecule has 30 heteroatoms. The summed E-state index contributed by atoms with van der Waals surface area (Å²) in [4.78, 5) is 73.2. The number of β-amino-alcohol motifs (C(OH)–C–C–N with tert-alkyl or cyclic N) is 1. The van der Waals surface area contributed by atoms with Gasteiger partial charge in [-0.2, -0.15) is 18.6 Å². The lowest BCUT2D eigenvalue weighted by Crippen LogP contribution is -2.52. The van der Waals surface area contributed by atoms with E-state index in [-0.39, 0.29) is 67.2 Å². The third-order valence-electron chi connectivity index (χ3n) is 7.58. The minimum absolute atomic E-state index is 0.0137. The molecule has 0 radical (unpaired) electrons. The van der Waals surface area contributed by atoms with Gasteiger partial charge in [-0.05, 0) is 0 Å². The number of imidazole rings is 1. The number of H-pyrrole nitrogens is 2. The topological polar surface area (TPSA) is 385 Å². The zero-order valence-electron chi connectivity index (χ0n) is 27.8. The zero-order chi connectivity index (χ0) is 38.7. The molecule has 2 aliphatic heterocycles. The molecule has 53 heavy (non-hydrogen) atoms. The Morgan fingerprint density at radius 3 is 2.25 bits per heavy atom. The number of phosphoric acid groups is 3. The molecule has 0 aromatic carbocycles. The van der Waals surface area contributed by atoms with Crippen LogP contribution in [0.15, 0.2) is 15.9 Å². The summed E-state index contributed by atoms with van der Waals surface area (Å²) in [6.45, 7) is -1.43. The van der Waals surface area contributed by atoms with Gasteiger partial charge in [0.05, 0.1) is 38.4 Å². The van der Waals surface area contributed by atoms with E-state index in [9.17, 15) is 43.1 Å². The van der Waals surface area contributed by atoms with E-state index in [2.05, 4.69) is 44.2 Å². The molecule has 0 spiro atoms. The van der Waals surface area contributed by atoms with E-state index >= 15 is 0 Å². The predicted molar refractivity (Wildman–Crippen MR) is 180 cm³/mol. The second kappa shape index (κ2) is 16.6. The van der Waals surface area contributed by atoms with Crippen LogP contribution in [0.2, 0.25) is 0 Å². The number of aliphatic hydroxyl groups is 1. The van der Waals surface area contributed by atoms with Crippen LogP contribution in [0.5, 0.6) is 0 Å². The molecule has 2 fully saturated rings. The summed E-state index contributed by atoms with van der Waals surface area (Å²) in [6.07, 6.45) is -3.35. The minimum Gasteiger partial charge on any atom is -0.395 e. The fraction of sp³-hybridized carbons (Fsp3) is 0.609. The first-order chi connectivity index (χ1) is 24.9. The predicted octanol–water partition coefficient (Wildman–Crippen LogP) is -1.79. The first kappa shape index (κ1) is 40.8. The summed E-state index contributed by atoms with van der Waals surface area (Å²) in [5.41, 5.74) is 10.1. The van der Waals surface area contributed by atoms with Crippen molar-refractivity contribution < 1.29 is 65.4 Å². The number of fused-ring (bicyclic) bond motifs is 1. The maximum Gasteiger partial charge on any atom is 0.490 e. The van der Waals surface area contributed by atoms with Gasteiger partial charge < -0.3 is 56.1 Å². The molecule has 8 atom stereocenters. The molecule has 6 unspecified atom stereocenters. The number of rotatable bonds is 17. The number of aliphatic hydroxyl groups excluding tert-OH is 1. The highest BCUT2D eigenvalue weighted by Gasteiger charge is 2.44. The van der Waals surface area contributed by atoms with Crippen molar-refractivity contribution >= 4 is 58.0 Å². The van der Waals surface area contributed by atoms with E-state index < -0.39 is 78.6 Å². The Hall–Kier alpha value is -3.36. The molecule has 0 aliphatic carbocycles. The van der Waals surface area contributed by atoms with Crippen LogP contribution >= 0.6 is 23.5 Å². The van der Waals surface area contributed by atoms with Gasteiger partial charge in [-0.15, -0.1) is 0 Å². The maximum atomic E-state index is 12.6. The van der Waals surface area contributed by atoms with Crippen LogP contribution in [-0.4, -0.2) is 132 Å². The zero-order valence-corrected chi connectivity index (χ0v) is 30.5. The van der Waals surface area contributed by atoms with E-state index in [0.29, 0.717) is 0 Å². The molecule has 5 rings (SSSR count). The minimum atomic E-state index is -5.84. The molecule has 27 nitrogen and oxygen atoms in total. The number of aromatic nitrogens is 6. The van der Waals surface area contributed by atoms with Crippen molar-refractivity contribution in [3.8, 4) is 0 Å². The number of nitrogens with zero attached hydrogens (tertiary/aromatic N) is 5. The smallest absolute Gasteiger partial charge is 0.395 e. The molecule has 12 N–H and O–H groups in total. The number of aromatic amines is 2. The fourth-order valence-corrected chi connectivity index (χ4v) is 9.04. The van der Waals surface area contributed by atoms with Crippen LogP contribution in [0.1, 0.15) is 12.6 Å². The van der Waals surface area contributed by atoms with Gasteiger partial charge in [-0.3, -0.25) is 38.1 Å². The first-order valence-corrected chi connectivity index (χ1v) is 19.8. The number of anilines is 4. The quantitative estimate of drug-likeness (QED) is 0.0672. The van der Waals surface area contributed by atoms with Crippen LogP contribution in [0.25, 0.3) is 11.2 Å². The van der Waals surface area contributed by atoms with E-state index in [1.54, 1.807) is 4.90 Å². The molecule has 2 aliphatic rings. The highest BCUT2D eigenvalue weighted by Crippen LogP contribution is 2.67. The van der Waals surface area contributed by atoms with Gasteiger partial charge >= 0.3 is 23.5 Å². The van der Waals surface area contributed by atoms with Crippen LogP contribution in [0.4, 0.5) is 23.4 Å². The summed E-state index contributed by atoms with van der Waals surface area (Å²) >= 11 is 0. The molecule has 3 aromatic heterocycles. The average molecular weight is 818 g/mol. The number of nitrogen functional groups attached to an aromatic ring is 2. The first-order valence-electron chi connectivity index (χ1n) is 15.3. The number of ether oxygens (including phenoxy) is 3. The van der Waals surface area contributed by atoms with Crippen molar-refractivity contribution in [3.63, 3.8) is 0 Å². The molecule has 296 valence electrons. The monoisotopic (exact) mass is 817 g/mol. The molecule has 0 saturated carbocycles. The lowest BCUT2D eigenvalue weighted by Gasteiger charge is -2.38. The van der Waals surface area contributed by atoms with E-state index in [1.165, 1.54) is 25.1 Å². The third kappa shape index (κ3) is 10.4. The van der Waals surface area contributed by atoms with Gasteiger partial charge in [-0.25, -0.2) is 18.7 Å². The Morgan fingerprint density at radius 2 is 1.60 bits per heavy atom. The number of phosphoric ester groups is 2. The van der Waals surface area contributed by atoms with Crippen molar-refractivity contribution in [2.45, 2.75) is 37.2 Å². The second-order valence-electron chi connectivity index (χ2n) is 11.4. The van der Waals surface area contributed by atoms with Crippen LogP contribution < -0.4 is 33.2 Å². The lowest BCUT2D eigenvalue weighted by molar-refractivity contribution is -0.0922. The van der Waals surface area contributed by atoms with Crippen LogP contribution in [0, 0.1) is 0 Å². The van der Waals surface area contributed by atoms with Gasteiger partial charge in [0.15, 0.2) is 23.2 Å². The van der Waals surface area contributed by atoms with Gasteiger partial charge in [-0.1, -0.05) is 0 Å². The molecule has 0 bridgehead atoms. The summed E-state index contributed by atoms with van der Waals surface area (Å²) < 4.78 is 74.2. The Labute approximate surface area is 297 Å². The van der Waals surface area contributed by atoms with E-state index in [1.807, 2.05) is 0 Å². The third-order valence-corrected chi connectivity index (χ3v) is 11.8. The van der Waals surface area contributed by atoms with E-state index in [4.69, 9.17) is 34.7 Å². The SMILES string of the molecule is CNc1c(NC2CN(CCO)CC(COP(=O)(O)OP(=O)(O)OP(=O)(O)OCC3C[C@@H](OC)[C@H](n4cnc5c(=O)[nH]c(N)nc54)O3)O2)nc(N)[nH]c1=O. The van der Waals surface area contributed by atoms with Crippen molar-refractivity contribution in [2.24, 2.45) is 0 Å². The highest BCUT2D eigenvalue weighted by atomic mass is 31.3. The highest BCUT2D eigenvalue weighted by molar-refractivity contribution is 7.66. The average Bonchev–Trinajstić information content (AvgIpc) is 3.66. The number of methoxy groups -OCH3 is 1. The van der Waals surface area contributed by atoms with Crippen LogP contribution in [0.3, 0.4) is 0 Å². The molecule has 0 amide bonds. The Balaban J connectivity index is 1.15. The molecular formula is C23H38N11O16P3. The molecule has 3 aromatic rings.